The summed E-state index contributed by atoms with van der Waals surface area (Å²) in [6.45, 7) is 0.760. The van der Waals surface area contributed by atoms with Gasteiger partial charge in [-0.3, -0.25) is 19.3 Å². The highest BCUT2D eigenvalue weighted by Crippen LogP contribution is 2.49. The van der Waals surface area contributed by atoms with E-state index in [4.69, 9.17) is 16.3 Å². The summed E-state index contributed by atoms with van der Waals surface area (Å²) in [5, 5.41) is 0.534. The predicted molar refractivity (Wildman–Crippen MR) is 122 cm³/mol. The zero-order valence-electron chi connectivity index (χ0n) is 17.6. The Kier molecular flexibility index (Phi) is 5.35. The van der Waals surface area contributed by atoms with Gasteiger partial charge >= 0.3 is 0 Å². The summed E-state index contributed by atoms with van der Waals surface area (Å²) in [4.78, 5) is 43.9. The molecule has 0 bridgehead atoms. The van der Waals surface area contributed by atoms with Crippen LogP contribution in [0.25, 0.3) is 6.08 Å². The smallest absolute Gasteiger partial charge is 0.235 e. The number of hydrogen-bond donors (Lipinski definition) is 0. The molecular formula is C25H23ClN2O4. The van der Waals surface area contributed by atoms with Crippen LogP contribution in [0.3, 0.4) is 0 Å². The van der Waals surface area contributed by atoms with Crippen molar-refractivity contribution in [1.82, 2.24) is 4.90 Å². The Balaban J connectivity index is 1.58. The molecule has 0 saturated carbocycles. The third-order valence-electron chi connectivity index (χ3n) is 6.63. The Hall–Kier alpha value is -2.96. The number of ether oxygens (including phenoxy) is 1. The molecule has 0 aliphatic carbocycles. The van der Waals surface area contributed by atoms with Crippen molar-refractivity contribution in [3.63, 3.8) is 0 Å². The van der Waals surface area contributed by atoms with Gasteiger partial charge < -0.3 is 9.64 Å². The van der Waals surface area contributed by atoms with Gasteiger partial charge in [-0.15, -0.1) is 0 Å². The lowest BCUT2D eigenvalue weighted by molar-refractivity contribution is -0.140. The van der Waals surface area contributed by atoms with E-state index in [2.05, 4.69) is 0 Å². The van der Waals surface area contributed by atoms with Crippen LogP contribution in [0.1, 0.15) is 22.3 Å². The van der Waals surface area contributed by atoms with Crippen LogP contribution in [0.4, 0.5) is 5.69 Å². The number of hydrogen-bond acceptors (Lipinski definition) is 5. The fourth-order valence-corrected chi connectivity index (χ4v) is 5.37. The fraction of sp³-hybridized carbons (Fsp3) is 0.320. The van der Waals surface area contributed by atoms with E-state index in [1.165, 1.54) is 4.90 Å². The number of ketones is 1. The average Bonchev–Trinajstić information content (AvgIpc) is 3.28. The Bertz CT molecular complexity index is 1110. The van der Waals surface area contributed by atoms with Crippen molar-refractivity contribution in [2.24, 2.45) is 11.8 Å². The number of carbonyl (C=O) groups excluding carboxylic acids is 3. The maximum atomic E-state index is 13.8. The molecule has 5 rings (SSSR count). The molecule has 32 heavy (non-hydrogen) atoms. The number of rotatable bonds is 6. The Morgan fingerprint density at radius 2 is 1.75 bits per heavy atom. The molecule has 0 spiro atoms. The molecule has 2 aromatic rings. The largest absolute Gasteiger partial charge is 0.385 e. The first kappa shape index (κ1) is 20.9. The van der Waals surface area contributed by atoms with Crippen molar-refractivity contribution in [3.8, 4) is 0 Å². The first-order valence-electron chi connectivity index (χ1n) is 10.7. The van der Waals surface area contributed by atoms with E-state index in [1.54, 1.807) is 31.4 Å². The number of amides is 2. The molecule has 2 aromatic carbocycles. The number of fused-ring (bicyclic) bond motifs is 5. The third kappa shape index (κ3) is 3.17. The van der Waals surface area contributed by atoms with Gasteiger partial charge in [-0.05, 0) is 42.3 Å². The standard InChI is InChI=1S/C25H23ClN2O4/c1-32-14-4-13-27-24(30)20-19-12-9-15-5-2-3-6-18(15)28(19)22(21(20)25(27)31)23(29)16-7-10-17(26)11-8-16/h2-3,5-12,19-22H,4,13-14H2,1H3/t19-,20+,21-,22-/m1/s1. The summed E-state index contributed by atoms with van der Waals surface area (Å²) < 4.78 is 5.08. The highest BCUT2D eigenvalue weighted by Gasteiger charge is 2.63. The van der Waals surface area contributed by atoms with Gasteiger partial charge in [0.05, 0.1) is 17.9 Å². The highest BCUT2D eigenvalue weighted by molar-refractivity contribution is 6.30. The van der Waals surface area contributed by atoms with Gasteiger partial charge in [-0.25, -0.2) is 0 Å². The number of imide groups is 1. The van der Waals surface area contributed by atoms with Crippen LogP contribution in [0.5, 0.6) is 0 Å². The second-order valence-electron chi connectivity index (χ2n) is 8.36. The fourth-order valence-electron chi connectivity index (χ4n) is 5.25. The van der Waals surface area contributed by atoms with Crippen molar-refractivity contribution in [2.75, 3.05) is 25.2 Å². The number of Topliss-reactive ketones (excluding diaryl/α,β-unsaturated/α-hetero) is 1. The van der Waals surface area contributed by atoms with E-state index >= 15 is 0 Å². The van der Waals surface area contributed by atoms with Crippen LogP contribution < -0.4 is 4.90 Å². The zero-order valence-corrected chi connectivity index (χ0v) is 18.4. The molecule has 3 heterocycles. The molecule has 2 fully saturated rings. The predicted octanol–water partition coefficient (Wildman–Crippen LogP) is 3.44. The van der Waals surface area contributed by atoms with E-state index in [1.807, 2.05) is 41.3 Å². The Morgan fingerprint density at radius 3 is 2.50 bits per heavy atom. The average molecular weight is 451 g/mol. The molecule has 7 heteroatoms. The van der Waals surface area contributed by atoms with Crippen LogP contribution in [0.15, 0.2) is 54.6 Å². The molecular weight excluding hydrogens is 428 g/mol. The lowest BCUT2D eigenvalue weighted by Gasteiger charge is -2.36. The Morgan fingerprint density at radius 1 is 1.03 bits per heavy atom. The number of methoxy groups -OCH3 is 1. The molecule has 2 saturated heterocycles. The van der Waals surface area contributed by atoms with Gasteiger partial charge in [0.2, 0.25) is 11.8 Å². The summed E-state index contributed by atoms with van der Waals surface area (Å²) in [5.74, 6) is -1.97. The minimum absolute atomic E-state index is 0.177. The van der Waals surface area contributed by atoms with Crippen molar-refractivity contribution in [2.45, 2.75) is 18.5 Å². The molecule has 2 amide bonds. The number of halogens is 1. The van der Waals surface area contributed by atoms with Crippen molar-refractivity contribution in [1.29, 1.82) is 0 Å². The summed E-state index contributed by atoms with van der Waals surface area (Å²) in [7, 11) is 1.59. The van der Waals surface area contributed by atoms with Gasteiger partial charge in [0.15, 0.2) is 5.78 Å². The minimum Gasteiger partial charge on any atom is -0.385 e. The molecule has 3 aliphatic rings. The first-order valence-corrected chi connectivity index (χ1v) is 11.1. The monoisotopic (exact) mass is 450 g/mol. The van der Waals surface area contributed by atoms with Gasteiger partial charge in [-0.2, -0.15) is 0 Å². The second kappa shape index (κ2) is 8.19. The number of benzene rings is 2. The highest BCUT2D eigenvalue weighted by atomic mass is 35.5. The zero-order chi connectivity index (χ0) is 22.4. The Labute approximate surface area is 191 Å². The second-order valence-corrected chi connectivity index (χ2v) is 8.79. The molecule has 0 unspecified atom stereocenters. The number of likely N-dealkylation sites (tertiary alicyclic amines) is 1. The van der Waals surface area contributed by atoms with Crippen LogP contribution in [0.2, 0.25) is 5.02 Å². The molecule has 3 aliphatic heterocycles. The topological polar surface area (TPSA) is 66.9 Å². The SMILES string of the molecule is COCCCN1C(=O)[C@@H]2[C@@H](C1=O)[C@H](C(=O)c1ccc(Cl)cc1)N1c3ccccc3C=C[C@H]21. The maximum absolute atomic E-state index is 13.8. The van der Waals surface area contributed by atoms with E-state index in [0.717, 1.165) is 11.3 Å². The first-order chi connectivity index (χ1) is 15.5. The number of carbonyl (C=O) groups is 3. The quantitative estimate of drug-likeness (QED) is 0.383. The van der Waals surface area contributed by atoms with E-state index in [-0.39, 0.29) is 23.6 Å². The molecule has 164 valence electrons. The maximum Gasteiger partial charge on any atom is 0.235 e. The lowest BCUT2D eigenvalue weighted by atomic mass is 9.86. The molecule has 0 radical (unpaired) electrons. The molecule has 0 N–H and O–H groups in total. The van der Waals surface area contributed by atoms with Crippen LogP contribution in [-0.4, -0.2) is 54.8 Å². The van der Waals surface area contributed by atoms with E-state index < -0.39 is 17.9 Å². The van der Waals surface area contributed by atoms with Crippen LogP contribution >= 0.6 is 11.6 Å². The summed E-state index contributed by atoms with van der Waals surface area (Å²) in [5.41, 5.74) is 2.31. The summed E-state index contributed by atoms with van der Waals surface area (Å²) >= 11 is 6.02. The van der Waals surface area contributed by atoms with Crippen molar-refractivity contribution in [3.05, 3.63) is 70.8 Å². The van der Waals surface area contributed by atoms with Crippen molar-refractivity contribution >= 4 is 41.0 Å². The number of para-hydroxylation sites is 1. The number of nitrogens with zero attached hydrogens (tertiary/aromatic N) is 2. The normalized spacial score (nSPS) is 25.7. The van der Waals surface area contributed by atoms with Crippen LogP contribution in [-0.2, 0) is 14.3 Å². The summed E-state index contributed by atoms with van der Waals surface area (Å²) in [6.07, 6.45) is 4.50. The molecule has 0 aromatic heterocycles. The molecule has 4 atom stereocenters. The van der Waals surface area contributed by atoms with Gasteiger partial charge in [0.1, 0.15) is 6.04 Å². The van der Waals surface area contributed by atoms with Gasteiger partial charge in [0, 0.05) is 36.5 Å². The number of anilines is 1. The molecule has 6 nitrogen and oxygen atoms in total. The van der Waals surface area contributed by atoms with Gasteiger partial charge in [0.25, 0.3) is 0 Å². The van der Waals surface area contributed by atoms with E-state index in [9.17, 15) is 14.4 Å². The summed E-state index contributed by atoms with van der Waals surface area (Å²) in [6, 6.07) is 13.3. The van der Waals surface area contributed by atoms with Crippen LogP contribution in [0, 0.1) is 11.8 Å². The van der Waals surface area contributed by atoms with E-state index in [0.29, 0.717) is 30.2 Å². The third-order valence-corrected chi connectivity index (χ3v) is 6.89. The van der Waals surface area contributed by atoms with Crippen molar-refractivity contribution < 1.29 is 19.1 Å². The lowest BCUT2D eigenvalue weighted by Crippen LogP contribution is -2.48. The van der Waals surface area contributed by atoms with Gasteiger partial charge in [-0.1, -0.05) is 42.0 Å². The minimum atomic E-state index is -0.763.